The van der Waals surface area contributed by atoms with Crippen molar-refractivity contribution in [2.24, 2.45) is 0 Å². The molecule has 2 heterocycles. The van der Waals surface area contributed by atoms with Gasteiger partial charge in [-0.15, -0.1) is 11.6 Å². The van der Waals surface area contributed by atoms with E-state index in [-0.39, 0.29) is 0 Å². The average molecular weight is 268 g/mol. The zero-order chi connectivity index (χ0) is 13.0. The lowest BCUT2D eigenvalue weighted by molar-refractivity contribution is 0.190. The molecule has 0 fully saturated rings. The minimum absolute atomic E-state index is 0.576. The Labute approximate surface area is 112 Å². The summed E-state index contributed by atoms with van der Waals surface area (Å²) in [5.41, 5.74) is 3.02. The number of aromatic nitrogens is 3. The second-order valence-electron chi connectivity index (χ2n) is 4.32. The molecule has 0 spiro atoms. The molecule has 0 radical (unpaired) electrons. The highest BCUT2D eigenvalue weighted by Crippen LogP contribution is 2.16. The zero-order valence-corrected chi connectivity index (χ0v) is 11.6. The van der Waals surface area contributed by atoms with Gasteiger partial charge in [0, 0.05) is 38.8 Å². The molecule has 0 unspecified atom stereocenters. The summed E-state index contributed by atoms with van der Waals surface area (Å²) in [7, 11) is 1.72. The normalized spacial score (nSPS) is 11.3. The molecule has 0 saturated carbocycles. The SMILES string of the molecule is COCCCn1c(CCCl)nc2cc(C)cnc21. The predicted octanol–water partition coefficient (Wildman–Crippen LogP) is 2.56. The van der Waals surface area contributed by atoms with Crippen LogP contribution in [0.2, 0.25) is 0 Å². The number of hydrogen-bond donors (Lipinski definition) is 0. The first-order valence-corrected chi connectivity index (χ1v) is 6.66. The molecule has 2 rings (SSSR count). The Morgan fingerprint density at radius 3 is 3.00 bits per heavy atom. The molecule has 0 saturated heterocycles. The Hall–Kier alpha value is -1.13. The number of hydrogen-bond acceptors (Lipinski definition) is 3. The van der Waals surface area contributed by atoms with Gasteiger partial charge in [-0.3, -0.25) is 0 Å². The molecule has 5 heteroatoms. The summed E-state index contributed by atoms with van der Waals surface area (Å²) in [6.45, 7) is 3.63. The van der Waals surface area contributed by atoms with Gasteiger partial charge in [0.25, 0.3) is 0 Å². The third-order valence-corrected chi connectivity index (χ3v) is 3.04. The molecule has 98 valence electrons. The Bertz CT molecular complexity index is 524. The molecular weight excluding hydrogens is 250 g/mol. The zero-order valence-electron chi connectivity index (χ0n) is 10.8. The topological polar surface area (TPSA) is 39.9 Å². The molecule has 0 aromatic carbocycles. The Kier molecular flexibility index (Phi) is 4.55. The standard InChI is InChI=1S/C13H18ClN3O/c1-10-8-11-13(15-9-10)17(6-3-7-18-2)12(16-11)4-5-14/h8-9H,3-7H2,1-2H3. The Morgan fingerprint density at radius 2 is 2.28 bits per heavy atom. The maximum Gasteiger partial charge on any atom is 0.160 e. The van der Waals surface area contributed by atoms with Gasteiger partial charge in [-0.25, -0.2) is 9.97 Å². The molecule has 18 heavy (non-hydrogen) atoms. The summed E-state index contributed by atoms with van der Waals surface area (Å²) in [6.07, 6.45) is 3.60. The highest BCUT2D eigenvalue weighted by molar-refractivity contribution is 6.17. The molecular formula is C13H18ClN3O. The van der Waals surface area contributed by atoms with E-state index in [0.717, 1.165) is 48.5 Å². The number of halogens is 1. The van der Waals surface area contributed by atoms with Crippen molar-refractivity contribution in [1.29, 1.82) is 0 Å². The molecule has 0 amide bonds. The minimum Gasteiger partial charge on any atom is -0.385 e. The first-order chi connectivity index (χ1) is 8.76. The number of alkyl halides is 1. The summed E-state index contributed by atoms with van der Waals surface area (Å²) in [5.74, 6) is 1.58. The summed E-state index contributed by atoms with van der Waals surface area (Å²) >= 11 is 5.83. The van der Waals surface area contributed by atoms with Crippen molar-refractivity contribution in [3.8, 4) is 0 Å². The maximum absolute atomic E-state index is 5.83. The van der Waals surface area contributed by atoms with Gasteiger partial charge in [0.05, 0.1) is 0 Å². The van der Waals surface area contributed by atoms with Crippen molar-refractivity contribution in [3.63, 3.8) is 0 Å². The Morgan fingerprint density at radius 1 is 1.44 bits per heavy atom. The van der Waals surface area contributed by atoms with E-state index in [1.54, 1.807) is 7.11 Å². The number of ether oxygens (including phenoxy) is 1. The number of imidazole rings is 1. The minimum atomic E-state index is 0.576. The van der Waals surface area contributed by atoms with E-state index in [4.69, 9.17) is 16.3 Å². The molecule has 2 aromatic rings. The lowest BCUT2D eigenvalue weighted by Crippen LogP contribution is -2.07. The largest absolute Gasteiger partial charge is 0.385 e. The van der Waals surface area contributed by atoms with Crippen molar-refractivity contribution >= 4 is 22.8 Å². The first-order valence-electron chi connectivity index (χ1n) is 6.13. The van der Waals surface area contributed by atoms with Crippen molar-refractivity contribution < 1.29 is 4.74 Å². The third-order valence-electron chi connectivity index (χ3n) is 2.85. The molecule has 0 aliphatic heterocycles. The van der Waals surface area contributed by atoms with E-state index >= 15 is 0 Å². The molecule has 0 N–H and O–H groups in total. The van der Waals surface area contributed by atoms with E-state index in [9.17, 15) is 0 Å². The highest BCUT2D eigenvalue weighted by atomic mass is 35.5. The van der Waals surface area contributed by atoms with Crippen molar-refractivity contribution in [1.82, 2.24) is 14.5 Å². The van der Waals surface area contributed by atoms with Gasteiger partial charge in [-0.2, -0.15) is 0 Å². The number of fused-ring (bicyclic) bond motifs is 1. The average Bonchev–Trinajstić information content (AvgIpc) is 2.67. The van der Waals surface area contributed by atoms with Crippen LogP contribution in [-0.2, 0) is 17.7 Å². The van der Waals surface area contributed by atoms with Crippen LogP contribution in [0.1, 0.15) is 17.8 Å². The Balaban J connectivity index is 2.35. The fourth-order valence-electron chi connectivity index (χ4n) is 2.04. The number of rotatable bonds is 6. The molecule has 0 aliphatic carbocycles. The number of pyridine rings is 1. The molecule has 4 nitrogen and oxygen atoms in total. The predicted molar refractivity (Wildman–Crippen MR) is 73.2 cm³/mol. The first kappa shape index (κ1) is 13.3. The summed E-state index contributed by atoms with van der Waals surface area (Å²) < 4.78 is 7.24. The van der Waals surface area contributed by atoms with Gasteiger partial charge < -0.3 is 9.30 Å². The van der Waals surface area contributed by atoms with Crippen LogP contribution in [0.5, 0.6) is 0 Å². The van der Waals surface area contributed by atoms with Crippen LogP contribution in [0.15, 0.2) is 12.3 Å². The fraction of sp³-hybridized carbons (Fsp3) is 0.538. The number of aryl methyl sites for hydroxylation is 3. The fourth-order valence-corrected chi connectivity index (χ4v) is 2.20. The summed E-state index contributed by atoms with van der Waals surface area (Å²) in [6, 6.07) is 2.06. The van der Waals surface area contributed by atoms with Crippen LogP contribution in [0, 0.1) is 6.92 Å². The van der Waals surface area contributed by atoms with Crippen LogP contribution in [0.4, 0.5) is 0 Å². The summed E-state index contributed by atoms with van der Waals surface area (Å²) in [5, 5.41) is 0. The summed E-state index contributed by atoms with van der Waals surface area (Å²) in [4.78, 5) is 9.10. The van der Waals surface area contributed by atoms with Gasteiger partial charge in [-0.05, 0) is 25.0 Å². The molecule has 0 atom stereocenters. The van der Waals surface area contributed by atoms with Gasteiger partial charge >= 0.3 is 0 Å². The second kappa shape index (κ2) is 6.16. The van der Waals surface area contributed by atoms with Crippen LogP contribution in [0.3, 0.4) is 0 Å². The van der Waals surface area contributed by atoms with E-state index in [1.165, 1.54) is 0 Å². The molecule has 2 aromatic heterocycles. The third kappa shape index (κ3) is 2.82. The van der Waals surface area contributed by atoms with Gasteiger partial charge in [0.2, 0.25) is 0 Å². The van der Waals surface area contributed by atoms with Crippen LogP contribution in [0.25, 0.3) is 11.2 Å². The highest BCUT2D eigenvalue weighted by Gasteiger charge is 2.11. The molecule has 0 aliphatic rings. The van der Waals surface area contributed by atoms with Crippen molar-refractivity contribution in [2.45, 2.75) is 26.3 Å². The van der Waals surface area contributed by atoms with Crippen LogP contribution < -0.4 is 0 Å². The van der Waals surface area contributed by atoms with Crippen LogP contribution in [-0.4, -0.2) is 34.1 Å². The lowest BCUT2D eigenvalue weighted by atomic mass is 10.3. The van der Waals surface area contributed by atoms with Crippen molar-refractivity contribution in [3.05, 3.63) is 23.7 Å². The van der Waals surface area contributed by atoms with E-state index in [2.05, 4.69) is 20.6 Å². The number of nitrogens with zero attached hydrogens (tertiary/aromatic N) is 3. The quantitative estimate of drug-likeness (QED) is 0.597. The lowest BCUT2D eigenvalue weighted by Gasteiger charge is -2.07. The van der Waals surface area contributed by atoms with E-state index < -0.39 is 0 Å². The van der Waals surface area contributed by atoms with Gasteiger partial charge in [0.1, 0.15) is 11.3 Å². The van der Waals surface area contributed by atoms with E-state index in [1.807, 2.05) is 13.1 Å². The van der Waals surface area contributed by atoms with Gasteiger partial charge in [0.15, 0.2) is 5.65 Å². The number of methoxy groups -OCH3 is 1. The monoisotopic (exact) mass is 267 g/mol. The van der Waals surface area contributed by atoms with E-state index in [0.29, 0.717) is 5.88 Å². The van der Waals surface area contributed by atoms with Crippen LogP contribution >= 0.6 is 11.6 Å². The maximum atomic E-state index is 5.83. The van der Waals surface area contributed by atoms with Crippen molar-refractivity contribution in [2.75, 3.05) is 19.6 Å². The smallest absolute Gasteiger partial charge is 0.160 e. The van der Waals surface area contributed by atoms with Gasteiger partial charge in [-0.1, -0.05) is 0 Å². The second-order valence-corrected chi connectivity index (χ2v) is 4.70. The molecule has 0 bridgehead atoms.